The third kappa shape index (κ3) is 14.3. The van der Waals surface area contributed by atoms with Crippen LogP contribution in [0.4, 0.5) is 0 Å². The largest absolute Gasteiger partial charge is 0.466 e. The fraction of sp³-hybridized carbons (Fsp3) is 0.659. The second-order valence-corrected chi connectivity index (χ2v) is 17.1. The van der Waals surface area contributed by atoms with Crippen LogP contribution in [0.5, 0.6) is 0 Å². The molecule has 0 radical (unpaired) electrons. The van der Waals surface area contributed by atoms with Crippen LogP contribution in [0.15, 0.2) is 54.1 Å². The summed E-state index contributed by atoms with van der Waals surface area (Å²) < 4.78 is 52.9. The second-order valence-electron chi connectivity index (χ2n) is 16.8. The lowest BCUT2D eigenvalue weighted by atomic mass is 9.74. The second kappa shape index (κ2) is 22.5. The lowest BCUT2D eigenvalue weighted by molar-refractivity contribution is -0.327. The van der Waals surface area contributed by atoms with Crippen LogP contribution < -0.4 is 0 Å². The monoisotopic (exact) mass is 880 g/mol. The Kier molecular flexibility index (Phi) is 18.3. The fourth-order valence-electron chi connectivity index (χ4n) is 7.19. The van der Waals surface area contributed by atoms with Crippen LogP contribution in [0.3, 0.4) is 0 Å². The third-order valence-corrected chi connectivity index (χ3v) is 11.2. The SMILES string of the molecule is CCC(=O)O[C@H]1C(=CC(=O)OC)C[C@H]2C[C@H]([C@H](C)OCc3ccccc3)OC(=O)C[C@H](O)CC(=O)O[C@H](C(C)(C)COC(=O)CCl)C[C@@H]3CCO[C@H](C=CC(C)(C)[C@]1(O)O2)O3. The van der Waals surface area contributed by atoms with Gasteiger partial charge in [-0.05, 0) is 37.0 Å². The molecule has 340 valence electrons. The maximum absolute atomic E-state index is 13.6. The van der Waals surface area contributed by atoms with Gasteiger partial charge in [0.25, 0.3) is 0 Å². The molecule has 2 N–H and O–H groups in total. The minimum Gasteiger partial charge on any atom is -0.466 e. The quantitative estimate of drug-likeness (QED) is 0.101. The molecule has 3 aliphatic heterocycles. The molecule has 2 saturated heterocycles. The Hall–Kier alpha value is -3.90. The van der Waals surface area contributed by atoms with E-state index < -0.39 is 108 Å². The third-order valence-electron chi connectivity index (χ3n) is 11.0. The molecule has 4 bridgehead atoms. The molecule has 17 heteroatoms. The predicted octanol–water partition coefficient (Wildman–Crippen LogP) is 4.77. The number of esters is 5. The van der Waals surface area contributed by atoms with E-state index in [1.165, 1.54) is 7.11 Å². The van der Waals surface area contributed by atoms with Crippen molar-refractivity contribution in [1.29, 1.82) is 0 Å². The number of rotatable bonds is 11. The molecule has 61 heavy (non-hydrogen) atoms. The zero-order valence-corrected chi connectivity index (χ0v) is 36.8. The van der Waals surface area contributed by atoms with Gasteiger partial charge >= 0.3 is 29.8 Å². The highest BCUT2D eigenvalue weighted by molar-refractivity contribution is 6.26. The molecule has 1 aromatic carbocycles. The molecule has 0 unspecified atom stereocenters. The first-order valence-corrected chi connectivity index (χ1v) is 21.1. The van der Waals surface area contributed by atoms with Gasteiger partial charge in [-0.2, -0.15) is 0 Å². The average molecular weight is 881 g/mol. The van der Waals surface area contributed by atoms with Crippen molar-refractivity contribution >= 4 is 41.4 Å². The maximum atomic E-state index is 13.6. The molecule has 9 atom stereocenters. The van der Waals surface area contributed by atoms with Crippen molar-refractivity contribution in [3.05, 3.63) is 59.7 Å². The lowest BCUT2D eigenvalue weighted by Crippen LogP contribution is -2.62. The summed E-state index contributed by atoms with van der Waals surface area (Å²) in [5, 5.41) is 23.8. The van der Waals surface area contributed by atoms with Crippen LogP contribution in [0, 0.1) is 10.8 Å². The first-order valence-electron chi connectivity index (χ1n) is 20.6. The van der Waals surface area contributed by atoms with E-state index >= 15 is 0 Å². The van der Waals surface area contributed by atoms with Gasteiger partial charge in [0.05, 0.1) is 64.2 Å². The fourth-order valence-corrected chi connectivity index (χ4v) is 7.27. The van der Waals surface area contributed by atoms with Crippen LogP contribution >= 0.6 is 11.6 Å². The number of benzene rings is 1. The number of carbonyl (C=O) groups is 5. The van der Waals surface area contributed by atoms with E-state index in [2.05, 4.69) is 0 Å². The number of carbonyl (C=O) groups excluding carboxylic acids is 5. The van der Waals surface area contributed by atoms with Gasteiger partial charge in [-0.25, -0.2) is 4.79 Å². The van der Waals surface area contributed by atoms with Crippen molar-refractivity contribution in [2.45, 2.75) is 148 Å². The minimum absolute atomic E-state index is 0.0503. The highest BCUT2D eigenvalue weighted by atomic mass is 35.5. The summed E-state index contributed by atoms with van der Waals surface area (Å²) in [5.74, 6) is -6.51. The Labute approximate surface area is 362 Å². The summed E-state index contributed by atoms with van der Waals surface area (Å²) >= 11 is 5.66. The molecule has 3 heterocycles. The average Bonchev–Trinajstić information content (AvgIpc) is 3.21. The number of hydrogen-bond donors (Lipinski definition) is 2. The summed E-state index contributed by atoms with van der Waals surface area (Å²) in [5.41, 5.74) is -1.35. The van der Waals surface area contributed by atoms with Gasteiger partial charge in [0, 0.05) is 36.2 Å². The summed E-state index contributed by atoms with van der Waals surface area (Å²) in [6.07, 6.45) is -4.81. The number of cyclic esters (lactones) is 2. The highest BCUT2D eigenvalue weighted by Crippen LogP contribution is 2.47. The molecule has 4 rings (SSSR count). The van der Waals surface area contributed by atoms with Gasteiger partial charge in [0.2, 0.25) is 5.79 Å². The molecule has 2 fully saturated rings. The van der Waals surface area contributed by atoms with Gasteiger partial charge in [0.15, 0.2) is 12.4 Å². The molecule has 0 aromatic heterocycles. The van der Waals surface area contributed by atoms with E-state index in [0.717, 1.165) is 11.6 Å². The van der Waals surface area contributed by atoms with Gasteiger partial charge in [-0.15, -0.1) is 11.6 Å². The van der Waals surface area contributed by atoms with Crippen molar-refractivity contribution < 1.29 is 76.8 Å². The number of aliphatic hydroxyl groups is 2. The summed E-state index contributed by atoms with van der Waals surface area (Å²) in [4.78, 5) is 64.7. The van der Waals surface area contributed by atoms with E-state index in [1.807, 2.05) is 30.3 Å². The maximum Gasteiger partial charge on any atom is 0.330 e. The van der Waals surface area contributed by atoms with Crippen molar-refractivity contribution in [1.82, 2.24) is 0 Å². The van der Waals surface area contributed by atoms with E-state index in [4.69, 9.17) is 54.2 Å². The topological polar surface area (TPSA) is 209 Å². The molecule has 1 aromatic rings. The molecule has 0 amide bonds. The van der Waals surface area contributed by atoms with Crippen molar-refractivity contribution in [2.24, 2.45) is 10.8 Å². The Morgan fingerprint density at radius 1 is 1.02 bits per heavy atom. The minimum atomic E-state index is -2.35. The molecule has 0 saturated carbocycles. The van der Waals surface area contributed by atoms with Crippen molar-refractivity contribution in [3.63, 3.8) is 0 Å². The number of ether oxygens (including phenoxy) is 9. The summed E-state index contributed by atoms with van der Waals surface area (Å²) in [6, 6.07) is 9.30. The summed E-state index contributed by atoms with van der Waals surface area (Å²) in [6.45, 7) is 10.3. The van der Waals surface area contributed by atoms with E-state index in [1.54, 1.807) is 53.7 Å². The van der Waals surface area contributed by atoms with Crippen LogP contribution in [-0.2, 0) is 73.2 Å². The number of alkyl halides is 1. The standard InChI is InChI=1S/C44H61ClO16/c1-8-35(47)60-41-29(19-36(48)53-7)18-32-22-33(27(2)55-25-28-12-10-9-11-13-28)58-37(49)20-30(46)21-38(50)59-34(42(3,4)26-56-39(51)24-45)23-31-15-17-54-40(57-31)14-16-43(5,6)44(41,52)61-32/h9-14,16,19,27,30-34,40-41,46,52H,8,15,17-18,20-26H2,1-7H3/t27-,30-,31-,32-,33+,34-,40-,41-,44+/m0/s1. The van der Waals surface area contributed by atoms with Crippen molar-refractivity contribution in [3.8, 4) is 0 Å². The molecule has 0 aliphatic carbocycles. The molecule has 3 aliphatic rings. The smallest absolute Gasteiger partial charge is 0.330 e. The Balaban J connectivity index is 1.79. The highest BCUT2D eigenvalue weighted by Gasteiger charge is 2.58. The van der Waals surface area contributed by atoms with Gasteiger partial charge in [-0.3, -0.25) is 19.2 Å². The lowest BCUT2D eigenvalue weighted by Gasteiger charge is -2.51. The van der Waals surface area contributed by atoms with Crippen LogP contribution in [-0.4, -0.2) is 121 Å². The number of aliphatic hydroxyl groups excluding tert-OH is 1. The van der Waals surface area contributed by atoms with Gasteiger partial charge < -0.3 is 52.8 Å². The van der Waals surface area contributed by atoms with Crippen LogP contribution in [0.25, 0.3) is 0 Å². The predicted molar refractivity (Wildman–Crippen MR) is 217 cm³/mol. The number of methoxy groups -OCH3 is 1. The van der Waals surface area contributed by atoms with E-state index in [9.17, 15) is 34.2 Å². The molecule has 0 spiro atoms. The Morgan fingerprint density at radius 2 is 1.70 bits per heavy atom. The molecule has 16 nitrogen and oxygen atoms in total. The van der Waals surface area contributed by atoms with E-state index in [-0.39, 0.29) is 57.0 Å². The normalized spacial score (nSPS) is 30.3. The van der Waals surface area contributed by atoms with E-state index in [0.29, 0.717) is 6.42 Å². The van der Waals surface area contributed by atoms with Gasteiger partial charge in [0.1, 0.15) is 18.1 Å². The van der Waals surface area contributed by atoms with Crippen LogP contribution in [0.2, 0.25) is 0 Å². The Bertz CT molecular complexity index is 1710. The number of fused-ring (bicyclic) bond motifs is 4. The van der Waals surface area contributed by atoms with Gasteiger partial charge in [-0.1, -0.05) is 71.0 Å². The zero-order valence-electron chi connectivity index (χ0n) is 36.0. The molecular weight excluding hydrogens is 820 g/mol. The first-order chi connectivity index (χ1) is 28.8. The van der Waals surface area contributed by atoms with Crippen LogP contribution in [0.1, 0.15) is 92.1 Å². The Morgan fingerprint density at radius 3 is 2.36 bits per heavy atom. The zero-order chi connectivity index (χ0) is 45.0. The number of hydrogen-bond acceptors (Lipinski definition) is 16. The number of halogens is 1. The first kappa shape index (κ1) is 49.8. The molecular formula is C44H61ClO16. The van der Waals surface area contributed by atoms with Crippen molar-refractivity contribution in [2.75, 3.05) is 26.2 Å². The summed E-state index contributed by atoms with van der Waals surface area (Å²) in [7, 11) is 1.19.